The first-order chi connectivity index (χ1) is 13.8. The minimum atomic E-state index is -3.87. The Morgan fingerprint density at radius 2 is 1.59 bits per heavy atom. The third-order valence-corrected chi connectivity index (χ3v) is 5.96. The summed E-state index contributed by atoms with van der Waals surface area (Å²) in [6, 6.07) is 19.3. The Morgan fingerprint density at radius 1 is 0.897 bits per heavy atom. The number of hydrogen-bond donors (Lipinski definition) is 2. The molecule has 2 N–H and O–H groups in total. The zero-order chi connectivity index (χ0) is 20.9. The SMILES string of the molecule is O=C(COc1ccccc1)Nc1ccc(S(=O)(=O)Nc2cccc(Cl)c2Cl)cc1. The summed E-state index contributed by atoms with van der Waals surface area (Å²) in [7, 11) is -3.87. The van der Waals surface area contributed by atoms with Crippen LogP contribution in [0.2, 0.25) is 10.0 Å². The molecule has 0 radical (unpaired) electrons. The molecule has 0 atom stereocenters. The average Bonchev–Trinajstić information content (AvgIpc) is 2.71. The Balaban J connectivity index is 1.63. The van der Waals surface area contributed by atoms with E-state index in [9.17, 15) is 13.2 Å². The van der Waals surface area contributed by atoms with Gasteiger partial charge in [-0.15, -0.1) is 0 Å². The van der Waals surface area contributed by atoms with Crippen LogP contribution in [0.4, 0.5) is 11.4 Å². The quantitative estimate of drug-likeness (QED) is 0.540. The molecule has 0 bridgehead atoms. The maximum absolute atomic E-state index is 12.5. The van der Waals surface area contributed by atoms with Crippen LogP contribution in [-0.4, -0.2) is 20.9 Å². The lowest BCUT2D eigenvalue weighted by atomic mass is 10.3. The van der Waals surface area contributed by atoms with Gasteiger partial charge in [-0.2, -0.15) is 0 Å². The van der Waals surface area contributed by atoms with E-state index in [0.29, 0.717) is 11.4 Å². The Bertz CT molecular complexity index is 1110. The molecule has 29 heavy (non-hydrogen) atoms. The van der Waals surface area contributed by atoms with Crippen molar-refractivity contribution in [3.8, 4) is 5.75 Å². The predicted molar refractivity (Wildman–Crippen MR) is 114 cm³/mol. The molecule has 150 valence electrons. The van der Waals surface area contributed by atoms with Crippen molar-refractivity contribution in [1.29, 1.82) is 0 Å². The highest BCUT2D eigenvalue weighted by molar-refractivity contribution is 7.92. The lowest BCUT2D eigenvalue weighted by molar-refractivity contribution is -0.118. The first-order valence-corrected chi connectivity index (χ1v) is 10.6. The molecule has 0 heterocycles. The summed E-state index contributed by atoms with van der Waals surface area (Å²) in [6.07, 6.45) is 0. The summed E-state index contributed by atoms with van der Waals surface area (Å²) in [4.78, 5) is 12.0. The van der Waals surface area contributed by atoms with E-state index in [4.69, 9.17) is 27.9 Å². The minimum absolute atomic E-state index is 0.00655. The van der Waals surface area contributed by atoms with Crippen LogP contribution in [0, 0.1) is 0 Å². The first kappa shape index (κ1) is 21.0. The minimum Gasteiger partial charge on any atom is -0.484 e. The van der Waals surface area contributed by atoms with Crippen LogP contribution in [0.15, 0.2) is 77.7 Å². The van der Waals surface area contributed by atoms with Crippen molar-refractivity contribution >= 4 is 50.5 Å². The number of halogens is 2. The molecule has 0 spiro atoms. The third-order valence-electron chi connectivity index (χ3n) is 3.76. The molecule has 0 saturated carbocycles. The van der Waals surface area contributed by atoms with Crippen LogP contribution in [-0.2, 0) is 14.8 Å². The normalized spacial score (nSPS) is 11.0. The molecule has 0 saturated heterocycles. The number of amides is 1. The Kier molecular flexibility index (Phi) is 6.64. The number of nitrogens with one attached hydrogen (secondary N) is 2. The van der Waals surface area contributed by atoms with Gasteiger partial charge in [0.25, 0.3) is 15.9 Å². The number of carbonyl (C=O) groups excluding carboxylic acids is 1. The van der Waals surface area contributed by atoms with Crippen LogP contribution in [0.25, 0.3) is 0 Å². The number of sulfonamides is 1. The Morgan fingerprint density at radius 3 is 2.28 bits per heavy atom. The Hall–Kier alpha value is -2.74. The fourth-order valence-corrected chi connectivity index (χ4v) is 3.84. The molecular formula is C20H16Cl2N2O4S. The van der Waals surface area contributed by atoms with Gasteiger partial charge in [-0.25, -0.2) is 8.42 Å². The van der Waals surface area contributed by atoms with Crippen molar-refractivity contribution < 1.29 is 17.9 Å². The van der Waals surface area contributed by atoms with E-state index in [1.165, 1.54) is 30.3 Å². The number of benzene rings is 3. The molecule has 9 heteroatoms. The maximum atomic E-state index is 12.5. The molecule has 1 amide bonds. The lowest BCUT2D eigenvalue weighted by Crippen LogP contribution is -2.20. The van der Waals surface area contributed by atoms with Gasteiger partial charge in [-0.05, 0) is 48.5 Å². The molecule has 0 unspecified atom stereocenters. The van der Waals surface area contributed by atoms with E-state index in [2.05, 4.69) is 10.0 Å². The van der Waals surface area contributed by atoms with Gasteiger partial charge in [-0.3, -0.25) is 9.52 Å². The monoisotopic (exact) mass is 450 g/mol. The smallest absolute Gasteiger partial charge is 0.262 e. The van der Waals surface area contributed by atoms with Crippen molar-refractivity contribution in [1.82, 2.24) is 0 Å². The van der Waals surface area contributed by atoms with Gasteiger partial charge in [0.05, 0.1) is 20.6 Å². The molecule has 0 fully saturated rings. The van der Waals surface area contributed by atoms with E-state index < -0.39 is 10.0 Å². The second-order valence-corrected chi connectivity index (χ2v) is 8.35. The summed E-state index contributed by atoms with van der Waals surface area (Å²) < 4.78 is 32.8. The highest BCUT2D eigenvalue weighted by Gasteiger charge is 2.17. The molecule has 3 aromatic rings. The van der Waals surface area contributed by atoms with Crippen LogP contribution < -0.4 is 14.8 Å². The van der Waals surface area contributed by atoms with Gasteiger partial charge in [0.2, 0.25) is 0 Å². The number of rotatable bonds is 7. The van der Waals surface area contributed by atoms with E-state index in [1.54, 1.807) is 36.4 Å². The largest absolute Gasteiger partial charge is 0.484 e. The van der Waals surface area contributed by atoms with E-state index in [1.807, 2.05) is 6.07 Å². The van der Waals surface area contributed by atoms with Crippen molar-refractivity contribution in [2.75, 3.05) is 16.6 Å². The fourth-order valence-electron chi connectivity index (χ4n) is 2.37. The van der Waals surface area contributed by atoms with Crippen molar-refractivity contribution in [3.05, 3.63) is 82.8 Å². The lowest BCUT2D eigenvalue weighted by Gasteiger charge is -2.11. The summed E-state index contributed by atoms with van der Waals surface area (Å²) in [6.45, 7) is -0.168. The number of carbonyl (C=O) groups is 1. The molecule has 0 aliphatic rings. The summed E-state index contributed by atoms with van der Waals surface area (Å²) >= 11 is 11.9. The van der Waals surface area contributed by atoms with Gasteiger partial charge >= 0.3 is 0 Å². The van der Waals surface area contributed by atoms with E-state index in [-0.39, 0.29) is 33.1 Å². The molecule has 3 rings (SSSR count). The topological polar surface area (TPSA) is 84.5 Å². The van der Waals surface area contributed by atoms with Gasteiger partial charge < -0.3 is 10.1 Å². The zero-order valence-electron chi connectivity index (χ0n) is 14.9. The molecule has 3 aromatic carbocycles. The van der Waals surface area contributed by atoms with Crippen molar-refractivity contribution in [2.45, 2.75) is 4.90 Å². The van der Waals surface area contributed by atoms with Gasteiger partial charge in [0.15, 0.2) is 6.61 Å². The van der Waals surface area contributed by atoms with Crippen LogP contribution in [0.1, 0.15) is 0 Å². The predicted octanol–water partition coefficient (Wildman–Crippen LogP) is 4.81. The molecule has 0 aliphatic heterocycles. The second-order valence-electron chi connectivity index (χ2n) is 5.88. The summed E-state index contributed by atoms with van der Waals surface area (Å²) in [5, 5.41) is 2.99. The zero-order valence-corrected chi connectivity index (χ0v) is 17.3. The van der Waals surface area contributed by atoms with Gasteiger partial charge in [0.1, 0.15) is 5.75 Å². The van der Waals surface area contributed by atoms with Gasteiger partial charge in [-0.1, -0.05) is 47.5 Å². The number of ether oxygens (including phenoxy) is 1. The number of anilines is 2. The second kappa shape index (κ2) is 9.17. The number of hydrogen-bond acceptors (Lipinski definition) is 4. The Labute approximate surface area is 178 Å². The molecule has 6 nitrogen and oxygen atoms in total. The van der Waals surface area contributed by atoms with Crippen LogP contribution in [0.3, 0.4) is 0 Å². The number of para-hydroxylation sites is 1. The first-order valence-electron chi connectivity index (χ1n) is 8.40. The summed E-state index contributed by atoms with van der Waals surface area (Å²) in [5.74, 6) is 0.211. The van der Waals surface area contributed by atoms with E-state index >= 15 is 0 Å². The highest BCUT2D eigenvalue weighted by Crippen LogP contribution is 2.31. The van der Waals surface area contributed by atoms with Crippen LogP contribution in [0.5, 0.6) is 5.75 Å². The highest BCUT2D eigenvalue weighted by atomic mass is 35.5. The van der Waals surface area contributed by atoms with Gasteiger partial charge in [0, 0.05) is 5.69 Å². The maximum Gasteiger partial charge on any atom is 0.262 e. The molecular weight excluding hydrogens is 435 g/mol. The fraction of sp³-hybridized carbons (Fsp3) is 0.0500. The van der Waals surface area contributed by atoms with Crippen LogP contribution >= 0.6 is 23.2 Å². The van der Waals surface area contributed by atoms with Crippen molar-refractivity contribution in [2.24, 2.45) is 0 Å². The standard InChI is InChI=1S/C20H16Cl2N2O4S/c21-17-7-4-8-18(20(17)22)24-29(26,27)16-11-9-14(10-12-16)23-19(25)13-28-15-5-2-1-3-6-15/h1-12,24H,13H2,(H,23,25). The molecule has 0 aliphatic carbocycles. The summed E-state index contributed by atoms with van der Waals surface area (Å²) in [5.41, 5.74) is 0.612. The molecule has 0 aromatic heterocycles. The average molecular weight is 451 g/mol. The van der Waals surface area contributed by atoms with E-state index in [0.717, 1.165) is 0 Å². The van der Waals surface area contributed by atoms with Crippen molar-refractivity contribution in [3.63, 3.8) is 0 Å². The third kappa shape index (κ3) is 5.63.